The Morgan fingerprint density at radius 2 is 2.02 bits per heavy atom. The highest BCUT2D eigenvalue weighted by Crippen LogP contribution is 2.33. The number of halogens is 2. The molecule has 1 fully saturated rings. The third-order valence-electron chi connectivity index (χ3n) is 7.76. The molecule has 1 aromatic heterocycles. The number of alkyl halides is 2. The Hall–Kier alpha value is -4.20. The molecular weight excluding hydrogens is 606 g/mol. The average Bonchev–Trinajstić information content (AvgIpc) is 3.64. The fourth-order valence-corrected chi connectivity index (χ4v) is 6.80. The maximum atomic E-state index is 13.8. The highest BCUT2D eigenvalue weighted by atomic mass is 32.2. The Balaban J connectivity index is 1.25. The van der Waals surface area contributed by atoms with E-state index in [1.54, 1.807) is 60.3 Å². The molecule has 236 valence electrons. The lowest BCUT2D eigenvalue weighted by molar-refractivity contribution is -0.144. The van der Waals surface area contributed by atoms with E-state index in [1.165, 1.54) is 0 Å². The first-order valence-electron chi connectivity index (χ1n) is 14.5. The van der Waals surface area contributed by atoms with Crippen LogP contribution in [-0.2, 0) is 27.3 Å². The van der Waals surface area contributed by atoms with E-state index < -0.39 is 35.2 Å². The van der Waals surface area contributed by atoms with Gasteiger partial charge in [-0.15, -0.1) is 0 Å². The van der Waals surface area contributed by atoms with Crippen LogP contribution in [0, 0.1) is 0 Å². The number of nitrogens with zero attached hydrogens (tertiary/aromatic N) is 2. The van der Waals surface area contributed by atoms with Crippen LogP contribution in [0.4, 0.5) is 8.78 Å². The Morgan fingerprint density at radius 3 is 2.80 bits per heavy atom. The van der Waals surface area contributed by atoms with E-state index in [0.29, 0.717) is 59.8 Å². The van der Waals surface area contributed by atoms with Crippen LogP contribution in [0.15, 0.2) is 66.9 Å². The van der Waals surface area contributed by atoms with Crippen molar-refractivity contribution in [2.24, 2.45) is 0 Å². The predicted octanol–water partition coefficient (Wildman–Crippen LogP) is 4.42. The van der Waals surface area contributed by atoms with Crippen molar-refractivity contribution in [3.05, 3.63) is 83.6 Å². The van der Waals surface area contributed by atoms with Crippen molar-refractivity contribution in [3.63, 3.8) is 0 Å². The lowest BCUT2D eigenvalue weighted by Gasteiger charge is -2.28. The largest absolute Gasteiger partial charge is 0.616 e. The number of rotatable bonds is 9. The molecule has 4 aromatic rings. The molecule has 3 heterocycles. The van der Waals surface area contributed by atoms with Gasteiger partial charge in [0.25, 0.3) is 11.8 Å². The molecule has 0 saturated carbocycles. The van der Waals surface area contributed by atoms with Gasteiger partial charge in [-0.05, 0) is 55.0 Å². The standard InChI is InChI=1S/C32H32F2N4O6S/c1-19(36-31(40)32(2,33)34)29(20-6-7-22-16-42-18-43-28(22)14-20)44-26-8-9-27-23(13-26)15-35-38(27)25-5-3-4-21(12-25)30(39)37-24-10-11-45(41)17-24/h3-9,12-15,19,24,29H,10-11,16-18H2,1-2H3,(H,36,40)(H,37,39)/t19-,24-,29-,45?/m0/s1. The first kappa shape index (κ1) is 30.8. The van der Waals surface area contributed by atoms with Crippen LogP contribution in [-0.4, -0.2) is 62.5 Å². The molecule has 45 heavy (non-hydrogen) atoms. The van der Waals surface area contributed by atoms with Gasteiger partial charge in [0, 0.05) is 29.9 Å². The number of hydrogen-bond acceptors (Lipinski definition) is 7. The number of amides is 2. The van der Waals surface area contributed by atoms with Gasteiger partial charge in [-0.25, -0.2) is 4.68 Å². The second-order valence-electron chi connectivity index (χ2n) is 11.3. The summed E-state index contributed by atoms with van der Waals surface area (Å²) in [7, 11) is 0. The molecule has 2 aliphatic rings. The van der Waals surface area contributed by atoms with Crippen LogP contribution in [0.5, 0.6) is 11.5 Å². The van der Waals surface area contributed by atoms with Gasteiger partial charge in [0.2, 0.25) is 0 Å². The summed E-state index contributed by atoms with van der Waals surface area (Å²) in [5, 5.41) is 10.6. The molecule has 10 nitrogen and oxygen atoms in total. The lowest BCUT2D eigenvalue weighted by atomic mass is 10.00. The average molecular weight is 639 g/mol. The summed E-state index contributed by atoms with van der Waals surface area (Å²) in [5.41, 5.74) is 3.35. The minimum Gasteiger partial charge on any atom is -0.616 e. The van der Waals surface area contributed by atoms with Crippen molar-refractivity contribution in [2.45, 2.75) is 51.0 Å². The van der Waals surface area contributed by atoms with Crippen molar-refractivity contribution in [1.29, 1.82) is 0 Å². The van der Waals surface area contributed by atoms with Gasteiger partial charge in [-0.1, -0.05) is 29.4 Å². The molecule has 4 atom stereocenters. The summed E-state index contributed by atoms with van der Waals surface area (Å²) in [6.45, 7) is 2.62. The van der Waals surface area contributed by atoms with Crippen LogP contribution in [0.1, 0.15) is 47.9 Å². The van der Waals surface area contributed by atoms with E-state index in [2.05, 4.69) is 15.7 Å². The number of benzene rings is 3. The minimum absolute atomic E-state index is 0.0905. The number of carbonyl (C=O) groups excluding carboxylic acids is 2. The fraction of sp³-hybridized carbons (Fsp3) is 0.344. The number of hydrogen-bond donors (Lipinski definition) is 2. The maximum absolute atomic E-state index is 13.8. The molecule has 6 rings (SSSR count). The molecule has 1 unspecified atom stereocenters. The first-order valence-corrected chi connectivity index (χ1v) is 16.0. The fourth-order valence-electron chi connectivity index (χ4n) is 5.39. The van der Waals surface area contributed by atoms with Crippen LogP contribution in [0.25, 0.3) is 16.6 Å². The smallest absolute Gasteiger partial charge is 0.321 e. The number of nitrogens with one attached hydrogen (secondary N) is 2. The summed E-state index contributed by atoms with van der Waals surface area (Å²) in [4.78, 5) is 25.0. The van der Waals surface area contributed by atoms with Gasteiger partial charge in [0.1, 0.15) is 29.1 Å². The minimum atomic E-state index is -3.56. The van der Waals surface area contributed by atoms with E-state index in [9.17, 15) is 22.9 Å². The monoisotopic (exact) mass is 638 g/mol. The molecule has 2 N–H and O–H groups in total. The van der Waals surface area contributed by atoms with Crippen LogP contribution >= 0.6 is 0 Å². The quantitative estimate of drug-likeness (QED) is 0.260. The molecular formula is C32H32F2N4O6S. The Labute approximate surface area is 261 Å². The molecule has 3 aromatic carbocycles. The molecule has 0 spiro atoms. The van der Waals surface area contributed by atoms with Crippen molar-refractivity contribution in [2.75, 3.05) is 18.3 Å². The van der Waals surface area contributed by atoms with Crippen LogP contribution in [0.3, 0.4) is 0 Å². The molecule has 0 radical (unpaired) electrons. The van der Waals surface area contributed by atoms with Crippen molar-refractivity contribution >= 4 is 33.9 Å². The SMILES string of the molecule is C[C@H](NC(=O)C(C)(F)F)[C@H](Oc1ccc2c(cnn2-c2cccc(C(=O)N[C@H]3CC[S+]([O-])C3)c2)c1)c1ccc2c(c1)OCOC2. The van der Waals surface area contributed by atoms with Gasteiger partial charge < -0.3 is 29.4 Å². The highest BCUT2D eigenvalue weighted by Gasteiger charge is 2.35. The lowest BCUT2D eigenvalue weighted by Crippen LogP contribution is -2.46. The van der Waals surface area contributed by atoms with E-state index >= 15 is 0 Å². The summed E-state index contributed by atoms with van der Waals surface area (Å²) >= 11 is -0.895. The third-order valence-corrected chi connectivity index (χ3v) is 9.22. The van der Waals surface area contributed by atoms with Crippen molar-refractivity contribution in [3.8, 4) is 17.2 Å². The van der Waals surface area contributed by atoms with E-state index in [1.807, 2.05) is 18.2 Å². The summed E-state index contributed by atoms with van der Waals surface area (Å²) in [5.74, 6) is -3.12. The van der Waals surface area contributed by atoms with Gasteiger partial charge in [-0.2, -0.15) is 13.9 Å². The van der Waals surface area contributed by atoms with Crippen molar-refractivity contribution in [1.82, 2.24) is 20.4 Å². The van der Waals surface area contributed by atoms with Crippen molar-refractivity contribution < 1.29 is 37.1 Å². The summed E-state index contributed by atoms with van der Waals surface area (Å²) in [6, 6.07) is 16.8. The van der Waals surface area contributed by atoms with Gasteiger partial charge in [0.05, 0.1) is 36.1 Å². The van der Waals surface area contributed by atoms with Crippen LogP contribution < -0.4 is 20.1 Å². The Bertz CT molecular complexity index is 1730. The maximum Gasteiger partial charge on any atom is 0.321 e. The number of ether oxygens (including phenoxy) is 3. The normalized spacial score (nSPS) is 19.3. The number of aromatic nitrogens is 2. The highest BCUT2D eigenvalue weighted by molar-refractivity contribution is 7.91. The zero-order chi connectivity index (χ0) is 31.7. The molecule has 1 saturated heterocycles. The zero-order valence-electron chi connectivity index (χ0n) is 24.6. The predicted molar refractivity (Wildman–Crippen MR) is 163 cm³/mol. The Morgan fingerprint density at radius 1 is 1.18 bits per heavy atom. The summed E-state index contributed by atoms with van der Waals surface area (Å²) in [6.07, 6.45) is 1.51. The topological polar surface area (TPSA) is 127 Å². The second kappa shape index (κ2) is 12.7. The zero-order valence-corrected chi connectivity index (χ0v) is 25.4. The molecule has 2 aliphatic heterocycles. The van der Waals surface area contributed by atoms with Crippen LogP contribution in [0.2, 0.25) is 0 Å². The molecule has 0 aliphatic carbocycles. The van der Waals surface area contributed by atoms with E-state index in [4.69, 9.17) is 14.2 Å². The summed E-state index contributed by atoms with van der Waals surface area (Å²) < 4.78 is 58.2. The van der Waals surface area contributed by atoms with Gasteiger partial charge >= 0.3 is 5.92 Å². The van der Waals surface area contributed by atoms with E-state index in [0.717, 1.165) is 16.5 Å². The molecule has 2 amide bonds. The number of fused-ring (bicyclic) bond motifs is 2. The number of carbonyl (C=O) groups is 2. The third kappa shape index (κ3) is 6.90. The molecule has 13 heteroatoms. The Kier molecular flexibility index (Phi) is 8.67. The van der Waals surface area contributed by atoms with E-state index in [-0.39, 0.29) is 18.7 Å². The molecule has 0 bridgehead atoms. The first-order chi connectivity index (χ1) is 21.5. The van der Waals surface area contributed by atoms with Gasteiger partial charge in [0.15, 0.2) is 6.79 Å². The second-order valence-corrected chi connectivity index (χ2v) is 12.9. The van der Waals surface area contributed by atoms with Gasteiger partial charge in [-0.3, -0.25) is 9.59 Å².